The van der Waals surface area contributed by atoms with Crippen molar-refractivity contribution in [2.24, 2.45) is 11.7 Å². The number of alkyl halides is 5. The second-order valence-electron chi connectivity index (χ2n) is 7.94. The molecule has 2 amide bonds. The smallest absolute Gasteiger partial charge is 0.422 e. The molecule has 1 aromatic rings. The summed E-state index contributed by atoms with van der Waals surface area (Å²) in [5, 5.41) is 2.68. The number of nitrogens with one attached hydrogen (secondary N) is 1. The predicted octanol–water partition coefficient (Wildman–Crippen LogP) is 2.25. The van der Waals surface area contributed by atoms with Crippen LogP contribution >= 0.6 is 0 Å². The maximum absolute atomic E-state index is 13.2. The van der Waals surface area contributed by atoms with E-state index in [0.717, 1.165) is 30.0 Å². The van der Waals surface area contributed by atoms with Crippen molar-refractivity contribution in [1.82, 2.24) is 10.3 Å². The third-order valence-corrected chi connectivity index (χ3v) is 5.07. The highest BCUT2D eigenvalue weighted by Crippen LogP contribution is 2.42. The average Bonchev–Trinajstić information content (AvgIpc) is 3.41. The quantitative estimate of drug-likeness (QED) is 0.610. The van der Waals surface area contributed by atoms with Crippen LogP contribution in [0.1, 0.15) is 36.7 Å². The van der Waals surface area contributed by atoms with Crippen molar-refractivity contribution in [3.63, 3.8) is 0 Å². The van der Waals surface area contributed by atoms with Crippen LogP contribution in [-0.2, 0) is 4.79 Å². The van der Waals surface area contributed by atoms with Crippen LogP contribution in [0.15, 0.2) is 12.3 Å². The first-order chi connectivity index (χ1) is 13.8. The highest BCUT2D eigenvalue weighted by atomic mass is 19.4. The molecule has 0 spiro atoms. The molecule has 2 aliphatic rings. The van der Waals surface area contributed by atoms with Gasteiger partial charge in [0.05, 0.1) is 25.0 Å². The molecular formula is C18H21F5N4O3. The molecule has 1 saturated heterocycles. The van der Waals surface area contributed by atoms with Gasteiger partial charge in [-0.25, -0.2) is 13.8 Å². The van der Waals surface area contributed by atoms with Crippen LogP contribution in [0, 0.1) is 5.92 Å². The van der Waals surface area contributed by atoms with E-state index in [-0.39, 0.29) is 29.5 Å². The summed E-state index contributed by atoms with van der Waals surface area (Å²) in [6.45, 7) is -1.39. The Labute approximate surface area is 168 Å². The van der Waals surface area contributed by atoms with Gasteiger partial charge in [-0.3, -0.25) is 9.59 Å². The van der Waals surface area contributed by atoms with Gasteiger partial charge in [-0.2, -0.15) is 13.2 Å². The number of amides is 2. The van der Waals surface area contributed by atoms with Crippen LogP contribution < -0.4 is 20.7 Å². The molecule has 3 N–H and O–H groups in total. The average molecular weight is 436 g/mol. The second kappa shape index (κ2) is 7.55. The summed E-state index contributed by atoms with van der Waals surface area (Å²) in [5.74, 6) is -4.65. The number of aromatic nitrogens is 1. The zero-order chi connectivity index (χ0) is 22.3. The molecule has 3 rings (SSSR count). The second-order valence-corrected chi connectivity index (χ2v) is 7.94. The molecule has 0 bridgehead atoms. The normalized spacial score (nSPS) is 20.1. The summed E-state index contributed by atoms with van der Waals surface area (Å²) < 4.78 is 68.9. The fourth-order valence-corrected chi connectivity index (χ4v) is 3.45. The molecule has 1 aliphatic carbocycles. The highest BCUT2D eigenvalue weighted by Gasteiger charge is 2.46. The van der Waals surface area contributed by atoms with Gasteiger partial charge in [0.15, 0.2) is 6.61 Å². The number of pyridine rings is 1. The van der Waals surface area contributed by atoms with E-state index in [0.29, 0.717) is 0 Å². The topological polar surface area (TPSA) is 97.5 Å². The van der Waals surface area contributed by atoms with E-state index in [1.54, 1.807) is 6.92 Å². The Hall–Kier alpha value is -2.66. The van der Waals surface area contributed by atoms with E-state index < -0.39 is 49.1 Å². The Bertz CT molecular complexity index is 836. The first-order valence-electron chi connectivity index (χ1n) is 9.21. The molecule has 1 aromatic heterocycles. The first kappa shape index (κ1) is 22.0. The van der Waals surface area contributed by atoms with Crippen molar-refractivity contribution >= 4 is 17.5 Å². The molecule has 0 unspecified atom stereocenters. The minimum Gasteiger partial charge on any atom is -0.482 e. The number of carbonyl (C=O) groups excluding carboxylic acids is 2. The zero-order valence-corrected chi connectivity index (χ0v) is 16.1. The Kier molecular flexibility index (Phi) is 5.54. The van der Waals surface area contributed by atoms with Gasteiger partial charge in [-0.05, 0) is 25.7 Å². The first-order valence-corrected chi connectivity index (χ1v) is 9.21. The molecule has 30 heavy (non-hydrogen) atoms. The van der Waals surface area contributed by atoms with Crippen LogP contribution in [0.4, 0.5) is 27.6 Å². The molecule has 1 atom stereocenters. The lowest BCUT2D eigenvalue weighted by Gasteiger charge is -2.40. The Morgan fingerprint density at radius 2 is 1.97 bits per heavy atom. The van der Waals surface area contributed by atoms with Gasteiger partial charge >= 0.3 is 6.18 Å². The van der Waals surface area contributed by atoms with Crippen molar-refractivity contribution < 1.29 is 36.3 Å². The molecule has 0 aromatic carbocycles. The summed E-state index contributed by atoms with van der Waals surface area (Å²) >= 11 is 0. The molecule has 166 valence electrons. The lowest BCUT2D eigenvalue weighted by molar-refractivity contribution is -0.153. The number of hydrogen-bond donors (Lipinski definition) is 2. The Morgan fingerprint density at radius 1 is 1.33 bits per heavy atom. The minimum absolute atomic E-state index is 0.0393. The molecule has 2 heterocycles. The van der Waals surface area contributed by atoms with Gasteiger partial charge in [-0.15, -0.1) is 0 Å². The van der Waals surface area contributed by atoms with Crippen LogP contribution in [0.5, 0.6) is 5.75 Å². The van der Waals surface area contributed by atoms with Crippen molar-refractivity contribution in [1.29, 1.82) is 0 Å². The largest absolute Gasteiger partial charge is 0.482 e. The Balaban J connectivity index is 1.82. The standard InChI is InChI=1S/C18H21F5N4O3/c1-16(5-14(24)28,10-2-3-10)26-15(29)11-4-13(30-9-18(21,22)23)12(6-25-11)27-7-17(19,20)8-27/h4,6,10H,2-3,5,7-9H2,1H3,(H2,24,28)(H,26,29)/t16-/m1/s1. The lowest BCUT2D eigenvalue weighted by atomic mass is 9.91. The van der Waals surface area contributed by atoms with Crippen LogP contribution in [0.3, 0.4) is 0 Å². The number of halogens is 5. The van der Waals surface area contributed by atoms with Gasteiger partial charge in [0.2, 0.25) is 5.91 Å². The van der Waals surface area contributed by atoms with Crippen molar-refractivity contribution in [3.05, 3.63) is 18.0 Å². The maximum atomic E-state index is 13.2. The van der Waals surface area contributed by atoms with Gasteiger partial charge in [0.1, 0.15) is 11.4 Å². The SMILES string of the molecule is C[C@](CC(N)=O)(NC(=O)c1cc(OCC(F)(F)F)c(N2CC(F)(F)C2)cn1)C1CC1. The fraction of sp³-hybridized carbons (Fsp3) is 0.611. The number of carbonyl (C=O) groups is 2. The number of primary amides is 1. The summed E-state index contributed by atoms with van der Waals surface area (Å²) in [4.78, 5) is 29.0. The monoisotopic (exact) mass is 436 g/mol. The highest BCUT2D eigenvalue weighted by molar-refractivity contribution is 5.94. The van der Waals surface area contributed by atoms with E-state index in [2.05, 4.69) is 10.3 Å². The van der Waals surface area contributed by atoms with Crippen LogP contribution in [-0.4, -0.2) is 54.1 Å². The molecule has 7 nitrogen and oxygen atoms in total. The van der Waals surface area contributed by atoms with Gasteiger partial charge < -0.3 is 20.7 Å². The van der Waals surface area contributed by atoms with E-state index in [1.807, 2.05) is 0 Å². The lowest BCUT2D eigenvalue weighted by Crippen LogP contribution is -2.56. The fourth-order valence-electron chi connectivity index (χ4n) is 3.45. The molecule has 12 heteroatoms. The summed E-state index contributed by atoms with van der Waals surface area (Å²) in [7, 11) is 0. The number of nitrogens with zero attached hydrogens (tertiary/aromatic N) is 2. The van der Waals surface area contributed by atoms with Crippen molar-refractivity contribution in [2.45, 2.75) is 43.8 Å². The van der Waals surface area contributed by atoms with E-state index in [1.165, 1.54) is 0 Å². The third kappa shape index (κ3) is 5.28. The number of anilines is 1. The molecule has 2 fully saturated rings. The van der Waals surface area contributed by atoms with E-state index in [9.17, 15) is 31.5 Å². The molecular weight excluding hydrogens is 415 g/mol. The Morgan fingerprint density at radius 3 is 2.47 bits per heavy atom. The number of hydrogen-bond acceptors (Lipinski definition) is 5. The maximum Gasteiger partial charge on any atom is 0.422 e. The van der Waals surface area contributed by atoms with E-state index in [4.69, 9.17) is 10.5 Å². The molecule has 1 saturated carbocycles. The van der Waals surface area contributed by atoms with Gasteiger partial charge in [0, 0.05) is 18.0 Å². The van der Waals surface area contributed by atoms with Crippen LogP contribution in [0.2, 0.25) is 0 Å². The molecule has 1 aliphatic heterocycles. The predicted molar refractivity (Wildman–Crippen MR) is 95.4 cm³/mol. The summed E-state index contributed by atoms with van der Waals surface area (Å²) in [5.41, 5.74) is 4.01. The van der Waals surface area contributed by atoms with E-state index >= 15 is 0 Å². The molecule has 0 radical (unpaired) electrons. The zero-order valence-electron chi connectivity index (χ0n) is 16.1. The number of nitrogens with two attached hydrogens (primary N) is 1. The van der Waals surface area contributed by atoms with Crippen molar-refractivity contribution in [3.8, 4) is 5.75 Å². The number of ether oxygens (including phenoxy) is 1. The van der Waals surface area contributed by atoms with Gasteiger partial charge in [-0.1, -0.05) is 0 Å². The number of rotatable bonds is 8. The minimum atomic E-state index is -4.66. The van der Waals surface area contributed by atoms with Gasteiger partial charge in [0.25, 0.3) is 11.8 Å². The third-order valence-electron chi connectivity index (χ3n) is 5.07. The van der Waals surface area contributed by atoms with Crippen molar-refractivity contribution in [2.75, 3.05) is 24.6 Å². The summed E-state index contributed by atoms with van der Waals surface area (Å²) in [6.07, 6.45) is -2.16. The summed E-state index contributed by atoms with van der Waals surface area (Å²) in [6, 6.07) is 0.977. The van der Waals surface area contributed by atoms with Crippen LogP contribution in [0.25, 0.3) is 0 Å².